The molecule has 0 aromatic heterocycles. The minimum atomic E-state index is 1.01. The van der Waals surface area contributed by atoms with E-state index >= 15 is 0 Å². The number of unbranched alkanes of at least 4 members (excludes halogenated alkanes) is 2. The van der Waals surface area contributed by atoms with Crippen molar-refractivity contribution in [2.45, 2.75) is 65.7 Å². The summed E-state index contributed by atoms with van der Waals surface area (Å²) in [6.07, 6.45) is 8.85. The van der Waals surface area contributed by atoms with Gasteiger partial charge in [-0.1, -0.05) is 19.8 Å². The van der Waals surface area contributed by atoms with Crippen LogP contribution in [-0.2, 0) is 0 Å². The standard InChI is InChI=1S/C24H47N7/c1-4-5-6-13-27-20-28(14-9-18-30-16-7-11-25-23(30)2)22-29(21-27)15-10-19-31-17-8-12-26-24(31)3/h4-22H2,1-3H3. The Labute approximate surface area is 191 Å². The maximum atomic E-state index is 4.62. The third kappa shape index (κ3) is 8.35. The van der Waals surface area contributed by atoms with E-state index in [0.717, 1.165) is 46.2 Å². The minimum Gasteiger partial charge on any atom is -0.360 e. The SMILES string of the molecule is CCCCCN1CN(CCCN2CCCN=C2C)CN(CCCN2CCCN=C2C)C1. The molecule has 0 bridgehead atoms. The molecule has 3 aliphatic heterocycles. The van der Waals surface area contributed by atoms with Gasteiger partial charge < -0.3 is 9.80 Å². The summed E-state index contributed by atoms with van der Waals surface area (Å²) >= 11 is 0. The van der Waals surface area contributed by atoms with Crippen LogP contribution in [0.4, 0.5) is 0 Å². The zero-order valence-electron chi connectivity index (χ0n) is 20.6. The van der Waals surface area contributed by atoms with Crippen LogP contribution < -0.4 is 0 Å². The summed E-state index contributed by atoms with van der Waals surface area (Å²) in [4.78, 5) is 22.2. The topological polar surface area (TPSA) is 40.9 Å². The molecule has 0 atom stereocenters. The Balaban J connectivity index is 1.43. The van der Waals surface area contributed by atoms with E-state index in [1.54, 1.807) is 0 Å². The van der Waals surface area contributed by atoms with E-state index in [9.17, 15) is 0 Å². The van der Waals surface area contributed by atoms with Crippen LogP contribution in [0.15, 0.2) is 9.98 Å². The van der Waals surface area contributed by atoms with Gasteiger partial charge in [0, 0.05) is 58.9 Å². The van der Waals surface area contributed by atoms with E-state index in [4.69, 9.17) is 0 Å². The molecule has 0 aliphatic carbocycles. The lowest BCUT2D eigenvalue weighted by molar-refractivity contribution is -0.0315. The summed E-state index contributed by atoms with van der Waals surface area (Å²) in [6, 6.07) is 0. The molecule has 1 fully saturated rings. The zero-order valence-corrected chi connectivity index (χ0v) is 20.6. The van der Waals surface area contributed by atoms with Crippen LogP contribution in [0.25, 0.3) is 0 Å². The first-order valence-corrected chi connectivity index (χ1v) is 12.8. The van der Waals surface area contributed by atoms with Crippen LogP contribution >= 0.6 is 0 Å². The van der Waals surface area contributed by atoms with Gasteiger partial charge in [0.2, 0.25) is 0 Å². The molecular formula is C24H47N7. The third-order valence-electron chi connectivity index (χ3n) is 6.85. The second kappa shape index (κ2) is 13.4. The lowest BCUT2D eigenvalue weighted by Crippen LogP contribution is -2.55. The summed E-state index contributed by atoms with van der Waals surface area (Å²) in [7, 11) is 0. The van der Waals surface area contributed by atoms with Crippen LogP contribution in [0.3, 0.4) is 0 Å². The van der Waals surface area contributed by atoms with Crippen LogP contribution in [0.5, 0.6) is 0 Å². The van der Waals surface area contributed by atoms with Gasteiger partial charge in [-0.2, -0.15) is 0 Å². The second-order valence-electron chi connectivity index (χ2n) is 9.56. The molecule has 0 spiro atoms. The van der Waals surface area contributed by atoms with Crippen LogP contribution in [0.2, 0.25) is 0 Å². The van der Waals surface area contributed by atoms with Gasteiger partial charge in [-0.15, -0.1) is 0 Å². The molecule has 0 N–H and O–H groups in total. The lowest BCUT2D eigenvalue weighted by Gasteiger charge is -2.43. The Morgan fingerprint density at radius 2 is 1.06 bits per heavy atom. The summed E-state index contributed by atoms with van der Waals surface area (Å²) in [6.45, 7) is 20.3. The van der Waals surface area contributed by atoms with Crippen molar-refractivity contribution < 1.29 is 0 Å². The van der Waals surface area contributed by atoms with Crippen molar-refractivity contribution >= 4 is 11.7 Å². The molecule has 0 aromatic carbocycles. The Kier molecular flexibility index (Phi) is 10.6. The van der Waals surface area contributed by atoms with Crippen molar-refractivity contribution in [1.82, 2.24) is 24.5 Å². The van der Waals surface area contributed by atoms with Crippen LogP contribution in [0, 0.1) is 0 Å². The Bertz CT molecular complexity index is 532. The van der Waals surface area contributed by atoms with Crippen molar-refractivity contribution in [3.63, 3.8) is 0 Å². The number of rotatable bonds is 12. The molecule has 0 radical (unpaired) electrons. The Morgan fingerprint density at radius 1 is 0.613 bits per heavy atom. The number of nitrogens with zero attached hydrogens (tertiary/aromatic N) is 7. The van der Waals surface area contributed by atoms with Gasteiger partial charge in [0.25, 0.3) is 0 Å². The third-order valence-corrected chi connectivity index (χ3v) is 6.85. The smallest absolute Gasteiger partial charge is 0.0957 e. The predicted molar refractivity (Wildman–Crippen MR) is 132 cm³/mol. The quantitative estimate of drug-likeness (QED) is 0.443. The fraction of sp³-hybridized carbons (Fsp3) is 0.917. The molecule has 0 unspecified atom stereocenters. The normalized spacial score (nSPS) is 22.0. The number of amidine groups is 2. The van der Waals surface area contributed by atoms with Crippen molar-refractivity contribution in [1.29, 1.82) is 0 Å². The molecule has 3 aliphatic rings. The van der Waals surface area contributed by atoms with Gasteiger partial charge in [-0.05, 0) is 46.0 Å². The number of hydrogen-bond acceptors (Lipinski definition) is 7. The molecule has 3 heterocycles. The highest BCUT2D eigenvalue weighted by Gasteiger charge is 2.23. The van der Waals surface area contributed by atoms with E-state index in [-0.39, 0.29) is 0 Å². The van der Waals surface area contributed by atoms with Gasteiger partial charge in [-0.3, -0.25) is 24.7 Å². The van der Waals surface area contributed by atoms with Crippen molar-refractivity contribution in [3.8, 4) is 0 Å². The highest BCUT2D eigenvalue weighted by Crippen LogP contribution is 2.12. The van der Waals surface area contributed by atoms with Gasteiger partial charge in [0.05, 0.1) is 31.7 Å². The highest BCUT2D eigenvalue weighted by atomic mass is 15.5. The molecule has 1 saturated heterocycles. The Morgan fingerprint density at radius 3 is 1.48 bits per heavy atom. The van der Waals surface area contributed by atoms with Crippen molar-refractivity contribution in [2.75, 3.05) is 78.9 Å². The van der Waals surface area contributed by atoms with Crippen molar-refractivity contribution in [2.24, 2.45) is 9.98 Å². The molecule has 31 heavy (non-hydrogen) atoms. The minimum absolute atomic E-state index is 1.01. The molecule has 0 amide bonds. The Hall–Kier alpha value is -1.18. The van der Waals surface area contributed by atoms with Crippen LogP contribution in [0.1, 0.15) is 65.7 Å². The van der Waals surface area contributed by atoms with E-state index in [1.165, 1.54) is 89.3 Å². The fourth-order valence-electron chi connectivity index (χ4n) is 5.04. The van der Waals surface area contributed by atoms with E-state index in [2.05, 4.69) is 55.3 Å². The first-order chi connectivity index (χ1) is 15.2. The average Bonchev–Trinajstić information content (AvgIpc) is 2.77. The van der Waals surface area contributed by atoms with Crippen LogP contribution in [-0.4, -0.2) is 115 Å². The lowest BCUT2D eigenvalue weighted by atomic mass is 10.2. The molecule has 0 saturated carbocycles. The molecule has 7 nitrogen and oxygen atoms in total. The first kappa shape index (κ1) is 24.5. The molecule has 0 aromatic rings. The van der Waals surface area contributed by atoms with E-state index < -0.39 is 0 Å². The number of hydrogen-bond donors (Lipinski definition) is 0. The summed E-state index contributed by atoms with van der Waals surface area (Å²) in [5, 5.41) is 0. The molecule has 7 heteroatoms. The summed E-state index contributed by atoms with van der Waals surface area (Å²) in [5.41, 5.74) is 0. The molecule has 3 rings (SSSR count). The van der Waals surface area contributed by atoms with Gasteiger partial charge in [0.15, 0.2) is 0 Å². The van der Waals surface area contributed by atoms with Gasteiger partial charge >= 0.3 is 0 Å². The summed E-state index contributed by atoms with van der Waals surface area (Å²) in [5.74, 6) is 2.48. The average molecular weight is 434 g/mol. The fourth-order valence-corrected chi connectivity index (χ4v) is 5.04. The van der Waals surface area contributed by atoms with Gasteiger partial charge in [0.1, 0.15) is 0 Å². The first-order valence-electron chi connectivity index (χ1n) is 12.8. The molecule has 178 valence electrons. The number of aliphatic imine (C=N–C) groups is 2. The van der Waals surface area contributed by atoms with Crippen molar-refractivity contribution in [3.05, 3.63) is 0 Å². The molecular weight excluding hydrogens is 386 g/mol. The van der Waals surface area contributed by atoms with E-state index in [0.29, 0.717) is 0 Å². The maximum Gasteiger partial charge on any atom is 0.0957 e. The zero-order chi connectivity index (χ0) is 21.9. The van der Waals surface area contributed by atoms with Gasteiger partial charge in [-0.25, -0.2) is 0 Å². The van der Waals surface area contributed by atoms with E-state index in [1.807, 2.05) is 0 Å². The largest absolute Gasteiger partial charge is 0.360 e. The maximum absolute atomic E-state index is 4.62. The monoisotopic (exact) mass is 433 g/mol. The predicted octanol–water partition coefficient (Wildman–Crippen LogP) is 3.00. The highest BCUT2D eigenvalue weighted by molar-refractivity contribution is 5.80. The summed E-state index contributed by atoms with van der Waals surface area (Å²) < 4.78 is 0. The second-order valence-corrected chi connectivity index (χ2v) is 9.56.